The number of amides is 2. The van der Waals surface area contributed by atoms with Crippen LogP contribution in [0.5, 0.6) is 0 Å². The van der Waals surface area contributed by atoms with Crippen molar-refractivity contribution in [3.8, 4) is 0 Å². The van der Waals surface area contributed by atoms with Gasteiger partial charge in [-0.2, -0.15) is 0 Å². The standard InChI is InChI=1S/C20H31N3O3/c1-6-14(2)23(20(25)15-7-8-15)12-16-11-17(21-19(24)13-26-5)9-10-18(16)22(3)4/h9-11,14-15H,6-8,12-13H2,1-5H3,(H,21,24)/t14-/m0/s1. The molecular weight excluding hydrogens is 330 g/mol. The molecule has 0 bridgehead atoms. The minimum Gasteiger partial charge on any atom is -0.377 e. The number of ether oxygens (including phenoxy) is 1. The molecule has 1 saturated carbocycles. The summed E-state index contributed by atoms with van der Waals surface area (Å²) >= 11 is 0. The fourth-order valence-electron chi connectivity index (χ4n) is 2.97. The van der Waals surface area contributed by atoms with Crippen LogP contribution in [0.4, 0.5) is 11.4 Å². The number of rotatable bonds is 9. The predicted octanol–water partition coefficient (Wildman–Crippen LogP) is 2.87. The third-order valence-electron chi connectivity index (χ3n) is 4.79. The van der Waals surface area contributed by atoms with Crippen molar-refractivity contribution in [2.75, 3.05) is 38.0 Å². The highest BCUT2D eigenvalue weighted by Crippen LogP contribution is 2.33. The van der Waals surface area contributed by atoms with Crippen LogP contribution >= 0.6 is 0 Å². The second kappa shape index (κ2) is 9.03. The van der Waals surface area contributed by atoms with Crippen LogP contribution in [0.15, 0.2) is 18.2 Å². The summed E-state index contributed by atoms with van der Waals surface area (Å²) in [6.07, 6.45) is 2.92. The molecular formula is C20H31N3O3. The minimum absolute atomic E-state index is 0.0178. The first-order valence-electron chi connectivity index (χ1n) is 9.26. The van der Waals surface area contributed by atoms with E-state index in [2.05, 4.69) is 19.2 Å². The Bertz CT molecular complexity index is 641. The molecule has 1 fully saturated rings. The maximum absolute atomic E-state index is 12.8. The molecule has 0 unspecified atom stereocenters. The van der Waals surface area contributed by atoms with Crippen molar-refractivity contribution < 1.29 is 14.3 Å². The number of nitrogens with zero attached hydrogens (tertiary/aromatic N) is 2. The van der Waals surface area contributed by atoms with Crippen LogP contribution < -0.4 is 10.2 Å². The van der Waals surface area contributed by atoms with Crippen molar-refractivity contribution in [1.82, 2.24) is 4.90 Å². The van der Waals surface area contributed by atoms with Gasteiger partial charge in [0.1, 0.15) is 6.61 Å². The van der Waals surface area contributed by atoms with E-state index in [9.17, 15) is 9.59 Å². The highest BCUT2D eigenvalue weighted by atomic mass is 16.5. The lowest BCUT2D eigenvalue weighted by Gasteiger charge is -2.31. The van der Waals surface area contributed by atoms with E-state index in [1.54, 1.807) is 0 Å². The number of nitrogens with one attached hydrogen (secondary N) is 1. The van der Waals surface area contributed by atoms with Crippen LogP contribution in [-0.4, -0.2) is 50.6 Å². The molecule has 0 radical (unpaired) electrons. The van der Waals surface area contributed by atoms with Gasteiger partial charge in [-0.05, 0) is 49.9 Å². The van der Waals surface area contributed by atoms with Crippen molar-refractivity contribution in [3.63, 3.8) is 0 Å². The summed E-state index contributed by atoms with van der Waals surface area (Å²) < 4.78 is 4.87. The Kier molecular flexibility index (Phi) is 7.03. The van der Waals surface area contributed by atoms with Gasteiger partial charge < -0.3 is 19.9 Å². The molecule has 2 rings (SSSR count). The lowest BCUT2D eigenvalue weighted by molar-refractivity contribution is -0.135. The molecule has 6 heteroatoms. The summed E-state index contributed by atoms with van der Waals surface area (Å²) in [4.78, 5) is 28.6. The fraction of sp³-hybridized carbons (Fsp3) is 0.600. The molecule has 26 heavy (non-hydrogen) atoms. The topological polar surface area (TPSA) is 61.9 Å². The van der Waals surface area contributed by atoms with Crippen molar-refractivity contribution in [2.45, 2.75) is 45.7 Å². The number of carbonyl (C=O) groups is 2. The summed E-state index contributed by atoms with van der Waals surface area (Å²) in [5.41, 5.74) is 2.79. The van der Waals surface area contributed by atoms with Gasteiger partial charge in [-0.1, -0.05) is 6.92 Å². The fourth-order valence-corrected chi connectivity index (χ4v) is 2.97. The van der Waals surface area contributed by atoms with Crippen molar-refractivity contribution >= 4 is 23.2 Å². The zero-order chi connectivity index (χ0) is 19.3. The monoisotopic (exact) mass is 361 g/mol. The lowest BCUT2D eigenvalue weighted by atomic mass is 10.1. The molecule has 0 spiro atoms. The van der Waals surface area contributed by atoms with Gasteiger partial charge in [-0.15, -0.1) is 0 Å². The Labute approximate surface area is 156 Å². The molecule has 1 aliphatic rings. The van der Waals surface area contributed by atoms with Crippen LogP contribution in [0.3, 0.4) is 0 Å². The van der Waals surface area contributed by atoms with Gasteiger partial charge in [0.2, 0.25) is 11.8 Å². The summed E-state index contributed by atoms with van der Waals surface area (Å²) in [6.45, 7) is 4.77. The highest BCUT2D eigenvalue weighted by Gasteiger charge is 2.35. The van der Waals surface area contributed by atoms with E-state index in [4.69, 9.17) is 4.74 Å². The van der Waals surface area contributed by atoms with Crippen molar-refractivity contribution in [3.05, 3.63) is 23.8 Å². The van der Waals surface area contributed by atoms with E-state index in [1.165, 1.54) is 7.11 Å². The molecule has 0 heterocycles. The summed E-state index contributed by atoms with van der Waals surface area (Å²) in [7, 11) is 5.46. The van der Waals surface area contributed by atoms with Crippen LogP contribution in [-0.2, 0) is 20.9 Å². The Hall–Kier alpha value is -2.08. The van der Waals surface area contributed by atoms with E-state index in [-0.39, 0.29) is 30.4 Å². The van der Waals surface area contributed by atoms with Gasteiger partial charge in [0.15, 0.2) is 0 Å². The molecule has 1 N–H and O–H groups in total. The molecule has 1 aromatic rings. The van der Waals surface area contributed by atoms with Crippen LogP contribution in [0, 0.1) is 5.92 Å². The van der Waals surface area contributed by atoms with E-state index in [1.807, 2.05) is 42.1 Å². The number of methoxy groups -OCH3 is 1. The second-order valence-electron chi connectivity index (χ2n) is 7.22. The molecule has 1 aromatic carbocycles. The van der Waals surface area contributed by atoms with Crippen molar-refractivity contribution in [1.29, 1.82) is 0 Å². The summed E-state index contributed by atoms with van der Waals surface area (Å²) in [5.74, 6) is 0.248. The first-order chi connectivity index (χ1) is 12.4. The number of carbonyl (C=O) groups excluding carboxylic acids is 2. The predicted molar refractivity (Wildman–Crippen MR) is 104 cm³/mol. The third kappa shape index (κ3) is 5.21. The highest BCUT2D eigenvalue weighted by molar-refractivity contribution is 5.92. The number of anilines is 2. The number of hydrogen-bond acceptors (Lipinski definition) is 4. The van der Waals surface area contributed by atoms with E-state index >= 15 is 0 Å². The summed E-state index contributed by atoms with van der Waals surface area (Å²) in [5, 5.41) is 2.84. The molecule has 144 valence electrons. The van der Waals surface area contributed by atoms with Gasteiger partial charge in [-0.25, -0.2) is 0 Å². The average molecular weight is 361 g/mol. The Morgan fingerprint density at radius 3 is 2.54 bits per heavy atom. The maximum atomic E-state index is 12.8. The SMILES string of the molecule is CC[C@H](C)N(Cc1cc(NC(=O)COC)ccc1N(C)C)C(=O)C1CC1. The molecule has 0 saturated heterocycles. The Morgan fingerprint density at radius 1 is 1.31 bits per heavy atom. The Balaban J connectivity index is 2.27. The van der Waals surface area contributed by atoms with Gasteiger partial charge in [0.25, 0.3) is 0 Å². The van der Waals surface area contributed by atoms with Crippen LogP contribution in [0.1, 0.15) is 38.7 Å². The minimum atomic E-state index is -0.191. The smallest absolute Gasteiger partial charge is 0.250 e. The Morgan fingerprint density at radius 2 is 2.00 bits per heavy atom. The maximum Gasteiger partial charge on any atom is 0.250 e. The third-order valence-corrected chi connectivity index (χ3v) is 4.79. The molecule has 2 amide bonds. The lowest BCUT2D eigenvalue weighted by Crippen LogP contribution is -2.39. The van der Waals surface area contributed by atoms with Gasteiger partial charge in [0.05, 0.1) is 0 Å². The van der Waals surface area contributed by atoms with Crippen molar-refractivity contribution in [2.24, 2.45) is 5.92 Å². The quantitative estimate of drug-likeness (QED) is 0.735. The van der Waals surface area contributed by atoms with E-state index in [0.29, 0.717) is 6.54 Å². The van der Waals surface area contributed by atoms with Gasteiger partial charge in [-0.3, -0.25) is 9.59 Å². The van der Waals surface area contributed by atoms with Gasteiger partial charge in [0, 0.05) is 51.1 Å². The largest absolute Gasteiger partial charge is 0.377 e. The zero-order valence-electron chi connectivity index (χ0n) is 16.5. The normalized spacial score (nSPS) is 14.7. The first kappa shape index (κ1) is 20.2. The second-order valence-corrected chi connectivity index (χ2v) is 7.22. The summed E-state index contributed by atoms with van der Waals surface area (Å²) in [6, 6.07) is 6.00. The number of hydrogen-bond donors (Lipinski definition) is 1. The molecule has 0 aliphatic heterocycles. The molecule has 1 aliphatic carbocycles. The van der Waals surface area contributed by atoms with Crippen LogP contribution in [0.25, 0.3) is 0 Å². The molecule has 1 atom stereocenters. The zero-order valence-corrected chi connectivity index (χ0v) is 16.5. The molecule has 6 nitrogen and oxygen atoms in total. The van der Waals surface area contributed by atoms with E-state index < -0.39 is 0 Å². The van der Waals surface area contributed by atoms with E-state index in [0.717, 1.165) is 36.2 Å². The number of benzene rings is 1. The molecule has 0 aromatic heterocycles. The first-order valence-corrected chi connectivity index (χ1v) is 9.26. The van der Waals surface area contributed by atoms with Gasteiger partial charge >= 0.3 is 0 Å². The van der Waals surface area contributed by atoms with Crippen LogP contribution in [0.2, 0.25) is 0 Å². The average Bonchev–Trinajstić information content (AvgIpc) is 3.43.